The lowest BCUT2D eigenvalue weighted by molar-refractivity contribution is 0.0601. The second-order valence-corrected chi connectivity index (χ2v) is 5.25. The Morgan fingerprint density at radius 2 is 1.92 bits per heavy atom. The van der Waals surface area contributed by atoms with E-state index in [0.29, 0.717) is 17.1 Å². The first kappa shape index (κ1) is 17.4. The van der Waals surface area contributed by atoms with Gasteiger partial charge in [-0.05, 0) is 37.6 Å². The zero-order valence-electron chi connectivity index (χ0n) is 13.9. The molecule has 0 spiro atoms. The van der Waals surface area contributed by atoms with Gasteiger partial charge in [0.1, 0.15) is 0 Å². The molecule has 1 unspecified atom stereocenters. The highest BCUT2D eigenvalue weighted by Gasteiger charge is 2.13. The van der Waals surface area contributed by atoms with Crippen LogP contribution in [0.1, 0.15) is 41.1 Å². The van der Waals surface area contributed by atoms with Crippen molar-refractivity contribution >= 4 is 23.4 Å². The number of nitrogens with zero attached hydrogens (tertiary/aromatic N) is 2. The standard InChI is InChI=1S/C17H20N4O3/c1-4-11(2)18-16(22)14-9-10-15(21-20-14)19-13-8-6-5-7-12(13)17(23)24-3/h5-11H,4H2,1-3H3,(H,18,22)(H,19,21). The van der Waals surface area contributed by atoms with Crippen molar-refractivity contribution in [1.29, 1.82) is 0 Å². The summed E-state index contributed by atoms with van der Waals surface area (Å²) in [4.78, 5) is 23.7. The van der Waals surface area contributed by atoms with Crippen LogP contribution in [0.5, 0.6) is 0 Å². The lowest BCUT2D eigenvalue weighted by atomic mass is 10.2. The molecule has 0 radical (unpaired) electrons. The molecule has 0 aliphatic heterocycles. The highest BCUT2D eigenvalue weighted by atomic mass is 16.5. The summed E-state index contributed by atoms with van der Waals surface area (Å²) in [6, 6.07) is 10.2. The number of carbonyl (C=O) groups is 2. The van der Waals surface area contributed by atoms with Crippen LogP contribution in [-0.2, 0) is 4.74 Å². The number of ether oxygens (including phenoxy) is 1. The molecule has 1 amide bonds. The quantitative estimate of drug-likeness (QED) is 0.792. The highest BCUT2D eigenvalue weighted by molar-refractivity contribution is 5.96. The Morgan fingerprint density at radius 1 is 1.17 bits per heavy atom. The first-order valence-electron chi connectivity index (χ1n) is 7.64. The highest BCUT2D eigenvalue weighted by Crippen LogP contribution is 2.20. The fraction of sp³-hybridized carbons (Fsp3) is 0.294. The predicted molar refractivity (Wildman–Crippen MR) is 90.3 cm³/mol. The Morgan fingerprint density at radius 3 is 2.54 bits per heavy atom. The monoisotopic (exact) mass is 328 g/mol. The molecule has 7 nitrogen and oxygen atoms in total. The maximum Gasteiger partial charge on any atom is 0.339 e. The van der Waals surface area contributed by atoms with Crippen molar-refractivity contribution in [3.8, 4) is 0 Å². The van der Waals surface area contributed by atoms with E-state index in [-0.39, 0.29) is 17.6 Å². The fourth-order valence-electron chi connectivity index (χ4n) is 1.94. The van der Waals surface area contributed by atoms with E-state index in [0.717, 1.165) is 6.42 Å². The minimum Gasteiger partial charge on any atom is -0.465 e. The summed E-state index contributed by atoms with van der Waals surface area (Å²) in [6.45, 7) is 3.91. The summed E-state index contributed by atoms with van der Waals surface area (Å²) < 4.78 is 4.74. The maximum absolute atomic E-state index is 12.0. The van der Waals surface area contributed by atoms with Crippen LogP contribution in [0.2, 0.25) is 0 Å². The largest absolute Gasteiger partial charge is 0.465 e. The van der Waals surface area contributed by atoms with Crippen LogP contribution in [0.25, 0.3) is 0 Å². The molecule has 0 aliphatic carbocycles. The number of hydrogen-bond donors (Lipinski definition) is 2. The van der Waals surface area contributed by atoms with Crippen molar-refractivity contribution in [2.75, 3.05) is 12.4 Å². The zero-order valence-corrected chi connectivity index (χ0v) is 13.9. The summed E-state index contributed by atoms with van der Waals surface area (Å²) in [6.07, 6.45) is 0.836. The Bertz CT molecular complexity index is 716. The van der Waals surface area contributed by atoms with Crippen molar-refractivity contribution in [2.45, 2.75) is 26.3 Å². The Labute approximate surface area is 140 Å². The van der Waals surface area contributed by atoms with Crippen molar-refractivity contribution in [2.24, 2.45) is 0 Å². The van der Waals surface area contributed by atoms with E-state index in [4.69, 9.17) is 4.74 Å². The smallest absolute Gasteiger partial charge is 0.339 e. The first-order chi connectivity index (χ1) is 11.5. The molecule has 1 aromatic carbocycles. The van der Waals surface area contributed by atoms with Gasteiger partial charge in [-0.3, -0.25) is 4.79 Å². The number of anilines is 2. The molecular formula is C17H20N4O3. The Hall–Kier alpha value is -2.96. The van der Waals surface area contributed by atoms with Gasteiger partial charge in [-0.1, -0.05) is 19.1 Å². The van der Waals surface area contributed by atoms with E-state index in [1.807, 2.05) is 13.8 Å². The van der Waals surface area contributed by atoms with Crippen molar-refractivity contribution < 1.29 is 14.3 Å². The third-order valence-electron chi connectivity index (χ3n) is 3.48. The molecule has 0 bridgehead atoms. The van der Waals surface area contributed by atoms with Gasteiger partial charge in [0, 0.05) is 6.04 Å². The van der Waals surface area contributed by atoms with Crippen LogP contribution in [0.3, 0.4) is 0 Å². The van der Waals surface area contributed by atoms with Gasteiger partial charge in [-0.2, -0.15) is 0 Å². The second kappa shape index (κ2) is 8.05. The van der Waals surface area contributed by atoms with Crippen LogP contribution in [0, 0.1) is 0 Å². The summed E-state index contributed by atoms with van der Waals surface area (Å²) in [7, 11) is 1.32. The maximum atomic E-state index is 12.0. The van der Waals surface area contributed by atoms with E-state index < -0.39 is 5.97 Å². The predicted octanol–water partition coefficient (Wildman–Crippen LogP) is 2.54. The van der Waals surface area contributed by atoms with Gasteiger partial charge in [-0.25, -0.2) is 4.79 Å². The average Bonchev–Trinajstić information content (AvgIpc) is 2.62. The van der Waals surface area contributed by atoms with Gasteiger partial charge in [0.2, 0.25) is 0 Å². The van der Waals surface area contributed by atoms with Gasteiger partial charge in [0.25, 0.3) is 5.91 Å². The topological polar surface area (TPSA) is 93.2 Å². The number of para-hydroxylation sites is 1. The molecule has 7 heteroatoms. The third-order valence-corrected chi connectivity index (χ3v) is 3.48. The van der Waals surface area contributed by atoms with E-state index in [2.05, 4.69) is 20.8 Å². The zero-order chi connectivity index (χ0) is 17.5. The molecule has 0 saturated carbocycles. The molecule has 1 atom stereocenters. The number of aromatic nitrogens is 2. The fourth-order valence-corrected chi connectivity index (χ4v) is 1.94. The molecule has 0 saturated heterocycles. The van der Waals surface area contributed by atoms with Gasteiger partial charge in [-0.15, -0.1) is 10.2 Å². The van der Waals surface area contributed by atoms with E-state index in [1.54, 1.807) is 36.4 Å². The number of amides is 1. The van der Waals surface area contributed by atoms with Gasteiger partial charge in [0.15, 0.2) is 11.5 Å². The minimum absolute atomic E-state index is 0.0732. The van der Waals surface area contributed by atoms with Crippen LogP contribution < -0.4 is 10.6 Å². The molecule has 0 aliphatic rings. The van der Waals surface area contributed by atoms with Gasteiger partial charge < -0.3 is 15.4 Å². The number of carbonyl (C=O) groups excluding carboxylic acids is 2. The van der Waals surface area contributed by atoms with Crippen LogP contribution in [0.15, 0.2) is 36.4 Å². The molecule has 1 aromatic heterocycles. The lowest BCUT2D eigenvalue weighted by Crippen LogP contribution is -2.32. The number of methoxy groups -OCH3 is 1. The molecule has 2 rings (SSSR count). The summed E-state index contributed by atoms with van der Waals surface area (Å²) >= 11 is 0. The lowest BCUT2D eigenvalue weighted by Gasteiger charge is -2.11. The summed E-state index contributed by atoms with van der Waals surface area (Å²) in [5, 5.41) is 13.7. The van der Waals surface area contributed by atoms with Crippen molar-refractivity contribution in [3.63, 3.8) is 0 Å². The van der Waals surface area contributed by atoms with E-state index in [9.17, 15) is 9.59 Å². The number of nitrogens with one attached hydrogen (secondary N) is 2. The van der Waals surface area contributed by atoms with Gasteiger partial charge >= 0.3 is 5.97 Å². The third kappa shape index (κ3) is 4.28. The number of rotatable bonds is 6. The number of esters is 1. The molecular weight excluding hydrogens is 308 g/mol. The normalized spacial score (nSPS) is 11.5. The molecule has 0 fully saturated rings. The van der Waals surface area contributed by atoms with Crippen LogP contribution >= 0.6 is 0 Å². The van der Waals surface area contributed by atoms with Crippen LogP contribution in [-0.4, -0.2) is 35.2 Å². The number of benzene rings is 1. The summed E-state index contributed by atoms with van der Waals surface area (Å²) in [5.41, 5.74) is 1.18. The molecule has 126 valence electrons. The van der Waals surface area contributed by atoms with Crippen molar-refractivity contribution in [3.05, 3.63) is 47.7 Å². The molecule has 2 aromatic rings. The summed E-state index contributed by atoms with van der Waals surface area (Å²) in [5.74, 6) is -0.291. The number of hydrogen-bond acceptors (Lipinski definition) is 6. The molecule has 2 N–H and O–H groups in total. The van der Waals surface area contributed by atoms with Crippen LogP contribution in [0.4, 0.5) is 11.5 Å². The SMILES string of the molecule is CCC(C)NC(=O)c1ccc(Nc2ccccc2C(=O)OC)nn1. The minimum atomic E-state index is -0.449. The van der Waals surface area contributed by atoms with E-state index in [1.165, 1.54) is 7.11 Å². The average molecular weight is 328 g/mol. The van der Waals surface area contributed by atoms with Crippen molar-refractivity contribution in [1.82, 2.24) is 15.5 Å². The van der Waals surface area contributed by atoms with E-state index >= 15 is 0 Å². The Kier molecular flexibility index (Phi) is 5.83. The first-order valence-corrected chi connectivity index (χ1v) is 7.64. The van der Waals surface area contributed by atoms with Gasteiger partial charge in [0.05, 0.1) is 18.4 Å². The second-order valence-electron chi connectivity index (χ2n) is 5.25. The molecule has 24 heavy (non-hydrogen) atoms. The Balaban J connectivity index is 2.13. The molecule has 1 heterocycles.